The molecule has 0 fully saturated rings. The number of carbonyl (C=O) groups is 1. The highest BCUT2D eigenvalue weighted by Gasteiger charge is 2.05. The summed E-state index contributed by atoms with van der Waals surface area (Å²) in [6, 6.07) is 16.7. The maximum absolute atomic E-state index is 12.1. The van der Waals surface area contributed by atoms with Crippen LogP contribution in [0.15, 0.2) is 59.6 Å². The average Bonchev–Trinajstić information content (AvgIpc) is 2.75. The van der Waals surface area contributed by atoms with Gasteiger partial charge in [-0.05, 0) is 42.8 Å². The number of nitrogens with one attached hydrogen (secondary N) is 3. The van der Waals surface area contributed by atoms with Crippen LogP contribution >= 0.6 is 0 Å². The van der Waals surface area contributed by atoms with Crippen LogP contribution in [0.25, 0.3) is 0 Å². The molecule has 0 bridgehead atoms. The minimum absolute atomic E-state index is 0.120. The number of hydrogen-bond acceptors (Lipinski definition) is 4. The van der Waals surface area contributed by atoms with Crippen molar-refractivity contribution in [2.75, 3.05) is 40.4 Å². The van der Waals surface area contributed by atoms with Gasteiger partial charge < -0.3 is 25.4 Å². The first-order valence-electron chi connectivity index (χ1n) is 9.27. The summed E-state index contributed by atoms with van der Waals surface area (Å²) < 4.78 is 10.7. The van der Waals surface area contributed by atoms with Crippen molar-refractivity contribution in [2.45, 2.75) is 6.42 Å². The van der Waals surface area contributed by atoms with Gasteiger partial charge in [-0.3, -0.25) is 9.79 Å². The molecule has 0 saturated carbocycles. The fraction of sp³-hybridized carbons (Fsp3) is 0.333. The number of carbonyl (C=O) groups excluding carboxylic acids is 1. The molecular weight excluding hydrogens is 356 g/mol. The van der Waals surface area contributed by atoms with Crippen LogP contribution in [0.1, 0.15) is 16.8 Å². The molecule has 0 aliphatic carbocycles. The van der Waals surface area contributed by atoms with E-state index >= 15 is 0 Å². The zero-order valence-corrected chi connectivity index (χ0v) is 16.4. The lowest BCUT2D eigenvalue weighted by Gasteiger charge is -2.13. The first-order chi connectivity index (χ1) is 13.7. The van der Waals surface area contributed by atoms with E-state index in [-0.39, 0.29) is 5.91 Å². The third-order valence-corrected chi connectivity index (χ3v) is 3.90. The molecule has 0 heterocycles. The number of guanidine groups is 1. The number of para-hydroxylation sites is 1. The Morgan fingerprint density at radius 3 is 2.25 bits per heavy atom. The zero-order chi connectivity index (χ0) is 20.0. The van der Waals surface area contributed by atoms with Crippen molar-refractivity contribution in [3.8, 4) is 11.5 Å². The highest BCUT2D eigenvalue weighted by Crippen LogP contribution is 2.11. The Labute approximate surface area is 166 Å². The molecule has 28 heavy (non-hydrogen) atoms. The fourth-order valence-corrected chi connectivity index (χ4v) is 2.41. The molecule has 150 valence electrons. The molecule has 3 N–H and O–H groups in total. The molecule has 0 radical (unpaired) electrons. The van der Waals surface area contributed by atoms with Gasteiger partial charge in [-0.25, -0.2) is 0 Å². The molecule has 0 saturated heterocycles. The van der Waals surface area contributed by atoms with Gasteiger partial charge in [0.1, 0.15) is 11.5 Å². The van der Waals surface area contributed by atoms with E-state index in [4.69, 9.17) is 9.47 Å². The number of aliphatic imine (C=N–C) groups is 1. The lowest BCUT2D eigenvalue weighted by Crippen LogP contribution is -2.42. The highest BCUT2D eigenvalue weighted by atomic mass is 16.5. The van der Waals surface area contributed by atoms with Crippen molar-refractivity contribution in [3.63, 3.8) is 0 Å². The van der Waals surface area contributed by atoms with Crippen LogP contribution in [0.5, 0.6) is 11.5 Å². The predicted molar refractivity (Wildman–Crippen MR) is 111 cm³/mol. The van der Waals surface area contributed by atoms with Crippen molar-refractivity contribution in [3.05, 3.63) is 60.2 Å². The second-order valence-electron chi connectivity index (χ2n) is 5.93. The maximum atomic E-state index is 12.1. The van der Waals surface area contributed by atoms with Crippen LogP contribution in [0, 0.1) is 0 Å². The Hall–Kier alpha value is -3.22. The van der Waals surface area contributed by atoms with Gasteiger partial charge in [0, 0.05) is 32.2 Å². The number of amides is 1. The summed E-state index contributed by atoms with van der Waals surface area (Å²) in [4.78, 5) is 16.2. The Morgan fingerprint density at radius 2 is 1.57 bits per heavy atom. The summed E-state index contributed by atoms with van der Waals surface area (Å²) in [5.41, 5.74) is 0.599. The Kier molecular flexibility index (Phi) is 9.20. The van der Waals surface area contributed by atoms with Gasteiger partial charge in [0.15, 0.2) is 5.96 Å². The zero-order valence-electron chi connectivity index (χ0n) is 16.4. The standard InChI is InChI=1S/C21H28N4O3/c1-22-21(24-13-6-16-28-19-7-4-3-5-8-19)25-15-14-23-20(26)17-9-11-18(27-2)12-10-17/h3-5,7-12H,6,13-16H2,1-2H3,(H,23,26)(H2,22,24,25). The van der Waals surface area contributed by atoms with E-state index in [2.05, 4.69) is 20.9 Å². The van der Waals surface area contributed by atoms with Crippen molar-refractivity contribution in [1.29, 1.82) is 0 Å². The summed E-state index contributed by atoms with van der Waals surface area (Å²) in [5, 5.41) is 9.25. The molecular formula is C21H28N4O3. The first-order valence-corrected chi connectivity index (χ1v) is 9.27. The van der Waals surface area contributed by atoms with Gasteiger partial charge in [-0.1, -0.05) is 18.2 Å². The molecule has 2 aromatic rings. The van der Waals surface area contributed by atoms with Gasteiger partial charge in [0.2, 0.25) is 0 Å². The molecule has 0 aliphatic rings. The number of benzene rings is 2. The van der Waals surface area contributed by atoms with Gasteiger partial charge in [-0.2, -0.15) is 0 Å². The molecule has 0 spiro atoms. The Balaban J connectivity index is 1.57. The van der Waals surface area contributed by atoms with E-state index < -0.39 is 0 Å². The molecule has 7 heteroatoms. The lowest BCUT2D eigenvalue weighted by molar-refractivity contribution is 0.0954. The monoisotopic (exact) mass is 384 g/mol. The van der Waals surface area contributed by atoms with E-state index in [1.165, 1.54) is 0 Å². The third kappa shape index (κ3) is 7.57. The lowest BCUT2D eigenvalue weighted by atomic mass is 10.2. The van der Waals surface area contributed by atoms with Gasteiger partial charge in [-0.15, -0.1) is 0 Å². The SMILES string of the molecule is CN=C(NCCCOc1ccccc1)NCCNC(=O)c1ccc(OC)cc1. The fourth-order valence-electron chi connectivity index (χ4n) is 2.41. The predicted octanol–water partition coefficient (Wildman–Crippen LogP) is 2.06. The van der Waals surface area contributed by atoms with Crippen LogP contribution < -0.4 is 25.4 Å². The van der Waals surface area contributed by atoms with Crippen molar-refractivity contribution >= 4 is 11.9 Å². The van der Waals surface area contributed by atoms with Gasteiger partial charge >= 0.3 is 0 Å². The molecule has 7 nitrogen and oxygen atoms in total. The summed E-state index contributed by atoms with van der Waals surface area (Å²) in [7, 11) is 3.31. The Morgan fingerprint density at radius 1 is 0.893 bits per heavy atom. The third-order valence-electron chi connectivity index (χ3n) is 3.90. The van der Waals surface area contributed by atoms with E-state index in [9.17, 15) is 4.79 Å². The normalized spacial score (nSPS) is 10.9. The number of hydrogen-bond donors (Lipinski definition) is 3. The molecule has 1 amide bonds. The highest BCUT2D eigenvalue weighted by molar-refractivity contribution is 5.94. The second kappa shape index (κ2) is 12.2. The van der Waals surface area contributed by atoms with Gasteiger partial charge in [0.25, 0.3) is 5.91 Å². The topological polar surface area (TPSA) is 84.0 Å². The smallest absolute Gasteiger partial charge is 0.251 e. The molecule has 2 rings (SSSR count). The number of methoxy groups -OCH3 is 1. The molecule has 2 aromatic carbocycles. The number of rotatable bonds is 10. The van der Waals surface area contributed by atoms with Crippen LogP contribution in [-0.4, -0.2) is 52.3 Å². The molecule has 0 unspecified atom stereocenters. The van der Waals surface area contributed by atoms with Crippen molar-refractivity contribution < 1.29 is 14.3 Å². The summed E-state index contributed by atoms with van der Waals surface area (Å²) in [6.45, 7) is 2.43. The first kappa shape index (κ1) is 21.1. The van der Waals surface area contributed by atoms with E-state index in [0.717, 1.165) is 24.5 Å². The second-order valence-corrected chi connectivity index (χ2v) is 5.93. The van der Waals surface area contributed by atoms with Crippen molar-refractivity contribution in [2.24, 2.45) is 4.99 Å². The van der Waals surface area contributed by atoms with Crippen LogP contribution in [0.3, 0.4) is 0 Å². The maximum Gasteiger partial charge on any atom is 0.251 e. The number of nitrogens with zero attached hydrogens (tertiary/aromatic N) is 1. The minimum Gasteiger partial charge on any atom is -0.497 e. The van der Waals surface area contributed by atoms with Crippen LogP contribution in [0.4, 0.5) is 0 Å². The molecule has 0 aromatic heterocycles. The van der Waals surface area contributed by atoms with Crippen LogP contribution in [-0.2, 0) is 0 Å². The van der Waals surface area contributed by atoms with E-state index in [1.54, 1.807) is 38.4 Å². The molecule has 0 aliphatic heterocycles. The van der Waals surface area contributed by atoms with E-state index in [0.29, 0.717) is 31.2 Å². The summed E-state index contributed by atoms with van der Waals surface area (Å²) >= 11 is 0. The minimum atomic E-state index is -0.120. The van der Waals surface area contributed by atoms with Crippen molar-refractivity contribution in [1.82, 2.24) is 16.0 Å². The number of ether oxygens (including phenoxy) is 2. The van der Waals surface area contributed by atoms with E-state index in [1.807, 2.05) is 30.3 Å². The molecule has 0 atom stereocenters. The quantitative estimate of drug-likeness (QED) is 0.332. The summed E-state index contributed by atoms with van der Waals surface area (Å²) in [5.74, 6) is 2.17. The average molecular weight is 384 g/mol. The van der Waals surface area contributed by atoms with Gasteiger partial charge in [0.05, 0.1) is 13.7 Å². The van der Waals surface area contributed by atoms with Crippen LogP contribution in [0.2, 0.25) is 0 Å². The Bertz CT molecular complexity index is 733. The summed E-state index contributed by atoms with van der Waals surface area (Å²) in [6.07, 6.45) is 0.851. The largest absolute Gasteiger partial charge is 0.497 e.